The lowest BCUT2D eigenvalue weighted by atomic mass is 9.95. The zero-order valence-corrected chi connectivity index (χ0v) is 18.0. The molecule has 1 fully saturated rings. The number of aromatic amines is 1. The summed E-state index contributed by atoms with van der Waals surface area (Å²) in [5, 5.41) is 0.516. The maximum Gasteiger partial charge on any atom is 0.264 e. The molecule has 2 heterocycles. The summed E-state index contributed by atoms with van der Waals surface area (Å²) in [5.41, 5.74) is 0.185. The second-order valence-electron chi connectivity index (χ2n) is 7.28. The lowest BCUT2D eigenvalue weighted by Gasteiger charge is -2.20. The molecule has 31 heavy (non-hydrogen) atoms. The Kier molecular flexibility index (Phi) is 5.59. The number of methoxy groups -OCH3 is 2. The van der Waals surface area contributed by atoms with Crippen molar-refractivity contribution in [1.29, 1.82) is 0 Å². The molecule has 1 aromatic carbocycles. The smallest absolute Gasteiger partial charge is 0.264 e. The molecule has 1 amide bonds. The number of benzene rings is 1. The molecule has 1 aliphatic rings. The third kappa shape index (κ3) is 3.96. The summed E-state index contributed by atoms with van der Waals surface area (Å²) in [7, 11) is -1.05. The average molecular weight is 445 g/mol. The van der Waals surface area contributed by atoms with Crippen LogP contribution in [0.15, 0.2) is 47.6 Å². The SMILES string of the molecule is COCCOc1cnc(OC)cc1C1(C(=O)NS(=O)(=O)c2cccc3[nH]ccc23)CC1. The molecule has 0 spiro atoms. The van der Waals surface area contributed by atoms with Gasteiger partial charge in [-0.05, 0) is 31.0 Å². The molecule has 164 valence electrons. The molecule has 4 rings (SSSR count). The van der Waals surface area contributed by atoms with Gasteiger partial charge in [0, 0.05) is 35.8 Å². The van der Waals surface area contributed by atoms with Crippen molar-refractivity contribution in [3.8, 4) is 11.6 Å². The van der Waals surface area contributed by atoms with Gasteiger partial charge >= 0.3 is 0 Å². The molecule has 2 N–H and O–H groups in total. The van der Waals surface area contributed by atoms with Crippen molar-refractivity contribution in [2.24, 2.45) is 0 Å². The standard InChI is InChI=1S/C21H23N3O6S/c1-28-10-11-30-17-13-23-19(29-2)12-15(17)21(7-8-21)20(25)24-31(26,27)18-5-3-4-16-14(18)6-9-22-16/h3-6,9,12-13,22H,7-8,10-11H2,1-2H3,(H,24,25). The number of carbonyl (C=O) groups is 1. The van der Waals surface area contributed by atoms with Gasteiger partial charge < -0.3 is 19.2 Å². The van der Waals surface area contributed by atoms with Crippen molar-refractivity contribution in [2.45, 2.75) is 23.2 Å². The molecule has 0 saturated heterocycles. The number of pyridine rings is 1. The fourth-order valence-corrected chi connectivity index (χ4v) is 4.84. The third-order valence-electron chi connectivity index (χ3n) is 5.37. The Morgan fingerprint density at radius 1 is 1.23 bits per heavy atom. The van der Waals surface area contributed by atoms with E-state index >= 15 is 0 Å². The lowest BCUT2D eigenvalue weighted by molar-refractivity contribution is -0.121. The Bertz CT molecular complexity index is 1220. The van der Waals surface area contributed by atoms with E-state index in [1.54, 1.807) is 37.6 Å². The molecule has 0 radical (unpaired) electrons. The number of aromatic nitrogens is 2. The van der Waals surface area contributed by atoms with Crippen LogP contribution in [0.25, 0.3) is 10.9 Å². The number of sulfonamides is 1. The lowest BCUT2D eigenvalue weighted by Crippen LogP contribution is -2.39. The van der Waals surface area contributed by atoms with E-state index in [1.807, 2.05) is 0 Å². The van der Waals surface area contributed by atoms with Crippen molar-refractivity contribution in [1.82, 2.24) is 14.7 Å². The number of carbonyl (C=O) groups excluding carboxylic acids is 1. The van der Waals surface area contributed by atoms with Crippen molar-refractivity contribution >= 4 is 26.8 Å². The average Bonchev–Trinajstić information content (AvgIpc) is 3.43. The van der Waals surface area contributed by atoms with Gasteiger partial charge in [-0.2, -0.15) is 0 Å². The summed E-state index contributed by atoms with van der Waals surface area (Å²) in [6, 6.07) is 8.15. The normalized spacial score (nSPS) is 14.9. The first-order valence-corrected chi connectivity index (χ1v) is 11.2. The summed E-state index contributed by atoms with van der Waals surface area (Å²) in [4.78, 5) is 20.4. The Labute approximate surface area is 179 Å². The van der Waals surface area contributed by atoms with Gasteiger partial charge in [0.25, 0.3) is 10.0 Å². The van der Waals surface area contributed by atoms with Crippen molar-refractivity contribution in [3.05, 3.63) is 48.3 Å². The van der Waals surface area contributed by atoms with E-state index in [0.717, 1.165) is 0 Å². The molecular weight excluding hydrogens is 422 g/mol. The van der Waals surface area contributed by atoms with Gasteiger partial charge in [-0.25, -0.2) is 18.1 Å². The Balaban J connectivity index is 1.65. The van der Waals surface area contributed by atoms with Crippen LogP contribution in [-0.2, 0) is 25.0 Å². The van der Waals surface area contributed by atoms with Gasteiger partial charge in [-0.1, -0.05) is 6.07 Å². The molecule has 3 aromatic rings. The Morgan fingerprint density at radius 2 is 2.03 bits per heavy atom. The first-order chi connectivity index (χ1) is 14.9. The third-order valence-corrected chi connectivity index (χ3v) is 6.76. The van der Waals surface area contributed by atoms with E-state index in [2.05, 4.69) is 14.7 Å². The summed E-state index contributed by atoms with van der Waals surface area (Å²) >= 11 is 0. The highest BCUT2D eigenvalue weighted by Crippen LogP contribution is 2.52. The maximum absolute atomic E-state index is 13.2. The van der Waals surface area contributed by atoms with Crippen molar-refractivity contribution in [3.63, 3.8) is 0 Å². The van der Waals surface area contributed by atoms with Crippen LogP contribution < -0.4 is 14.2 Å². The van der Waals surface area contributed by atoms with E-state index in [0.29, 0.717) is 47.5 Å². The topological polar surface area (TPSA) is 120 Å². The van der Waals surface area contributed by atoms with Crippen LogP contribution in [0.3, 0.4) is 0 Å². The summed E-state index contributed by atoms with van der Waals surface area (Å²) in [6.07, 6.45) is 4.10. The summed E-state index contributed by atoms with van der Waals surface area (Å²) < 4.78 is 44.3. The summed E-state index contributed by atoms with van der Waals surface area (Å²) in [6.45, 7) is 0.628. The predicted molar refractivity (Wildman–Crippen MR) is 113 cm³/mol. The largest absolute Gasteiger partial charge is 0.489 e. The van der Waals surface area contributed by atoms with Gasteiger partial charge in [0.05, 0.1) is 30.2 Å². The number of amides is 1. The van der Waals surface area contributed by atoms with Gasteiger partial charge in [-0.15, -0.1) is 0 Å². The fraction of sp³-hybridized carbons (Fsp3) is 0.333. The van der Waals surface area contributed by atoms with Gasteiger partial charge in [0.15, 0.2) is 0 Å². The predicted octanol–water partition coefficient (Wildman–Crippen LogP) is 2.13. The Hall–Kier alpha value is -3.11. The second kappa shape index (κ2) is 8.20. The number of hydrogen-bond acceptors (Lipinski definition) is 7. The second-order valence-corrected chi connectivity index (χ2v) is 8.93. The highest BCUT2D eigenvalue weighted by atomic mass is 32.2. The number of fused-ring (bicyclic) bond motifs is 1. The van der Waals surface area contributed by atoms with Gasteiger partial charge in [0.1, 0.15) is 12.4 Å². The molecule has 1 aliphatic carbocycles. The van der Waals surface area contributed by atoms with Crippen LogP contribution in [0.4, 0.5) is 0 Å². The van der Waals surface area contributed by atoms with Gasteiger partial charge in [-0.3, -0.25) is 4.79 Å². The molecule has 10 heteroatoms. The molecule has 0 bridgehead atoms. The van der Waals surface area contributed by atoms with Crippen LogP contribution in [0.2, 0.25) is 0 Å². The molecule has 0 unspecified atom stereocenters. The minimum Gasteiger partial charge on any atom is -0.489 e. The van der Waals surface area contributed by atoms with Crippen LogP contribution in [0.1, 0.15) is 18.4 Å². The first kappa shape index (κ1) is 21.1. The number of hydrogen-bond donors (Lipinski definition) is 2. The van der Waals surface area contributed by atoms with Crippen LogP contribution in [0, 0.1) is 0 Å². The molecule has 0 aliphatic heterocycles. The Morgan fingerprint density at radius 3 is 2.74 bits per heavy atom. The van der Waals surface area contributed by atoms with Crippen LogP contribution in [0.5, 0.6) is 11.6 Å². The minimum absolute atomic E-state index is 0.0410. The maximum atomic E-state index is 13.2. The van der Waals surface area contributed by atoms with E-state index < -0.39 is 21.3 Å². The fourth-order valence-electron chi connectivity index (χ4n) is 3.57. The van der Waals surface area contributed by atoms with Crippen molar-refractivity contribution in [2.75, 3.05) is 27.4 Å². The van der Waals surface area contributed by atoms with E-state index in [4.69, 9.17) is 14.2 Å². The zero-order valence-electron chi connectivity index (χ0n) is 17.2. The number of rotatable bonds is 9. The molecular formula is C21H23N3O6S. The van der Waals surface area contributed by atoms with Crippen molar-refractivity contribution < 1.29 is 27.4 Å². The number of H-pyrrole nitrogens is 1. The monoisotopic (exact) mass is 445 g/mol. The van der Waals surface area contributed by atoms with Crippen LogP contribution in [-0.4, -0.2) is 51.7 Å². The number of ether oxygens (including phenoxy) is 3. The first-order valence-electron chi connectivity index (χ1n) is 9.71. The highest BCUT2D eigenvalue weighted by Gasteiger charge is 2.54. The summed E-state index contributed by atoms with van der Waals surface area (Å²) in [5.74, 6) is 0.105. The molecule has 1 saturated carbocycles. The molecule has 0 atom stereocenters. The quantitative estimate of drug-likeness (QED) is 0.484. The number of nitrogens with one attached hydrogen (secondary N) is 2. The van der Waals surface area contributed by atoms with Gasteiger partial charge in [0.2, 0.25) is 11.8 Å². The minimum atomic E-state index is -4.08. The van der Waals surface area contributed by atoms with E-state index in [-0.39, 0.29) is 11.5 Å². The van der Waals surface area contributed by atoms with Crippen LogP contribution >= 0.6 is 0 Å². The van der Waals surface area contributed by atoms with E-state index in [9.17, 15) is 13.2 Å². The van der Waals surface area contributed by atoms with E-state index in [1.165, 1.54) is 19.4 Å². The molecule has 2 aromatic heterocycles. The zero-order chi connectivity index (χ0) is 22.1. The molecule has 9 nitrogen and oxygen atoms in total. The highest BCUT2D eigenvalue weighted by molar-refractivity contribution is 7.90. The number of nitrogens with zero attached hydrogens (tertiary/aromatic N) is 1.